The molecular formula is C18H18N4O3S2. The van der Waals surface area contributed by atoms with Gasteiger partial charge in [-0.25, -0.2) is 0 Å². The van der Waals surface area contributed by atoms with E-state index in [0.717, 1.165) is 5.39 Å². The molecule has 0 aromatic heterocycles. The minimum Gasteiger partial charge on any atom is -0.507 e. The summed E-state index contributed by atoms with van der Waals surface area (Å²) in [5, 5.41) is 23.6. The molecule has 0 fully saturated rings. The van der Waals surface area contributed by atoms with Crippen molar-refractivity contribution in [3.63, 3.8) is 0 Å². The Bertz CT molecular complexity index is 922. The molecule has 7 nitrogen and oxygen atoms in total. The molecule has 0 radical (unpaired) electrons. The lowest BCUT2D eigenvalue weighted by molar-refractivity contribution is 0.0943. The van der Waals surface area contributed by atoms with Crippen molar-refractivity contribution in [2.45, 2.75) is 5.50 Å². The molecule has 9 heteroatoms. The Kier molecular flexibility index (Phi) is 6.15. The maximum Gasteiger partial charge on any atom is 0.255 e. The summed E-state index contributed by atoms with van der Waals surface area (Å²) in [6.45, 7) is 0. The van der Waals surface area contributed by atoms with Gasteiger partial charge in [-0.3, -0.25) is 9.59 Å². The third-order valence-electron chi connectivity index (χ3n) is 3.74. The second-order valence-electron chi connectivity index (χ2n) is 5.54. The molecule has 2 amide bonds. The fraction of sp³-hybridized carbons (Fsp3) is 0.111. The number of fused-ring (bicyclic) bond motifs is 1. The number of carbonyl (C=O) groups is 2. The van der Waals surface area contributed by atoms with E-state index in [1.54, 1.807) is 35.9 Å². The Hall–Kier alpha value is -2.78. The summed E-state index contributed by atoms with van der Waals surface area (Å²) in [6, 6.07) is 8.20. The van der Waals surface area contributed by atoms with Gasteiger partial charge in [0.05, 0.1) is 11.4 Å². The number of aromatic hydroxyl groups is 1. The molecule has 0 saturated heterocycles. The van der Waals surface area contributed by atoms with Crippen LogP contribution < -0.4 is 21.7 Å². The Labute approximate surface area is 164 Å². The molecule has 0 aliphatic carbocycles. The minimum absolute atomic E-state index is 0.116. The summed E-state index contributed by atoms with van der Waals surface area (Å²) >= 11 is 2.79. The first-order valence-corrected chi connectivity index (χ1v) is 9.98. The van der Waals surface area contributed by atoms with Gasteiger partial charge in [-0.2, -0.15) is 0 Å². The van der Waals surface area contributed by atoms with E-state index in [1.165, 1.54) is 35.8 Å². The lowest BCUT2D eigenvalue weighted by Crippen LogP contribution is -2.38. The standard InChI is InChI=1S/C18H18N4O3S2/c19-3-5-26-10-21-17(25)14-8-13-7-12(2-1-11(13)9-15(14)23)16(24)22-18-20-4-6-27-18/h1-9,18,20,23H,10,19H2,(H,21,25)(H,22,24)/b5-3-. The average Bonchev–Trinajstić information content (AvgIpc) is 3.17. The Morgan fingerprint density at radius 3 is 2.85 bits per heavy atom. The minimum atomic E-state index is -0.403. The zero-order valence-corrected chi connectivity index (χ0v) is 15.8. The van der Waals surface area contributed by atoms with Crippen LogP contribution >= 0.6 is 23.5 Å². The normalized spacial score (nSPS) is 15.8. The van der Waals surface area contributed by atoms with Gasteiger partial charge in [-0.15, -0.1) is 11.8 Å². The largest absolute Gasteiger partial charge is 0.507 e. The second kappa shape index (κ2) is 8.74. The van der Waals surface area contributed by atoms with Crippen molar-refractivity contribution < 1.29 is 14.7 Å². The zero-order chi connectivity index (χ0) is 19.2. The molecule has 2 aromatic carbocycles. The van der Waals surface area contributed by atoms with Crippen LogP contribution in [0.25, 0.3) is 10.8 Å². The summed E-state index contributed by atoms with van der Waals surface area (Å²) < 4.78 is 0. The van der Waals surface area contributed by atoms with Crippen molar-refractivity contribution in [1.29, 1.82) is 0 Å². The number of nitrogens with one attached hydrogen (secondary N) is 3. The van der Waals surface area contributed by atoms with E-state index >= 15 is 0 Å². The highest BCUT2D eigenvalue weighted by molar-refractivity contribution is 8.02. The van der Waals surface area contributed by atoms with Crippen LogP contribution in [0, 0.1) is 0 Å². The van der Waals surface area contributed by atoms with E-state index in [9.17, 15) is 14.7 Å². The predicted octanol–water partition coefficient (Wildman–Crippen LogP) is 2.22. The van der Waals surface area contributed by atoms with E-state index in [2.05, 4.69) is 16.0 Å². The highest BCUT2D eigenvalue weighted by Crippen LogP contribution is 2.26. The van der Waals surface area contributed by atoms with Crippen molar-refractivity contribution in [1.82, 2.24) is 16.0 Å². The summed E-state index contributed by atoms with van der Waals surface area (Å²) in [7, 11) is 0. The maximum atomic E-state index is 12.4. The first kappa shape index (κ1) is 19.0. The van der Waals surface area contributed by atoms with E-state index in [4.69, 9.17) is 5.73 Å². The van der Waals surface area contributed by atoms with Gasteiger partial charge >= 0.3 is 0 Å². The summed E-state index contributed by atoms with van der Waals surface area (Å²) in [5.74, 6) is -0.421. The molecular weight excluding hydrogens is 384 g/mol. The number of hydrogen-bond donors (Lipinski definition) is 5. The number of phenolic OH excluding ortho intramolecular Hbond substituents is 1. The topological polar surface area (TPSA) is 116 Å². The molecule has 0 spiro atoms. The number of hydrogen-bond acceptors (Lipinski definition) is 7. The number of carbonyl (C=O) groups excluding carboxylic acids is 2. The fourth-order valence-corrected chi connectivity index (χ4v) is 3.55. The molecule has 1 heterocycles. The SMILES string of the molecule is N/C=C\SCNC(=O)c1cc2cc(C(=O)NC3NC=CS3)ccc2cc1O. The summed E-state index contributed by atoms with van der Waals surface area (Å²) in [6.07, 6.45) is 3.15. The van der Waals surface area contributed by atoms with Gasteiger partial charge in [0.25, 0.3) is 11.8 Å². The Morgan fingerprint density at radius 1 is 1.26 bits per heavy atom. The molecule has 3 rings (SSSR count). The van der Waals surface area contributed by atoms with Crippen molar-refractivity contribution in [2.24, 2.45) is 5.73 Å². The Morgan fingerprint density at radius 2 is 2.11 bits per heavy atom. The first-order chi connectivity index (χ1) is 13.1. The van der Waals surface area contributed by atoms with Crippen LogP contribution in [0.5, 0.6) is 5.75 Å². The summed E-state index contributed by atoms with van der Waals surface area (Å²) in [4.78, 5) is 24.7. The maximum absolute atomic E-state index is 12.4. The highest BCUT2D eigenvalue weighted by Gasteiger charge is 2.16. The molecule has 0 bridgehead atoms. The van der Waals surface area contributed by atoms with Crippen molar-refractivity contribution >= 4 is 46.1 Å². The average molecular weight is 403 g/mol. The molecule has 1 aliphatic heterocycles. The fourth-order valence-electron chi connectivity index (χ4n) is 2.48. The monoisotopic (exact) mass is 402 g/mol. The smallest absolute Gasteiger partial charge is 0.255 e. The third kappa shape index (κ3) is 4.69. The van der Waals surface area contributed by atoms with Crippen LogP contribution in [0.15, 0.2) is 53.5 Å². The lowest BCUT2D eigenvalue weighted by atomic mass is 10.0. The number of nitrogens with two attached hydrogens (primary N) is 1. The Balaban J connectivity index is 1.79. The van der Waals surface area contributed by atoms with Gasteiger partial charge in [0.1, 0.15) is 5.75 Å². The van der Waals surface area contributed by atoms with E-state index in [0.29, 0.717) is 16.8 Å². The van der Waals surface area contributed by atoms with Crippen LogP contribution in [0.3, 0.4) is 0 Å². The molecule has 1 aliphatic rings. The molecule has 0 saturated carbocycles. The van der Waals surface area contributed by atoms with Crippen LogP contribution in [0.2, 0.25) is 0 Å². The van der Waals surface area contributed by atoms with Gasteiger partial charge in [0, 0.05) is 18.0 Å². The van der Waals surface area contributed by atoms with Gasteiger partial charge in [-0.1, -0.05) is 17.8 Å². The van der Waals surface area contributed by atoms with Gasteiger partial charge in [0.15, 0.2) is 5.50 Å². The van der Waals surface area contributed by atoms with Crippen molar-refractivity contribution in [2.75, 3.05) is 5.88 Å². The van der Waals surface area contributed by atoms with E-state index in [1.807, 2.05) is 5.41 Å². The van der Waals surface area contributed by atoms with Gasteiger partial charge in [-0.05, 0) is 45.9 Å². The number of benzene rings is 2. The zero-order valence-electron chi connectivity index (χ0n) is 14.1. The predicted molar refractivity (Wildman–Crippen MR) is 110 cm³/mol. The van der Waals surface area contributed by atoms with Gasteiger partial charge < -0.3 is 26.8 Å². The number of thioether (sulfide) groups is 2. The molecule has 2 aromatic rings. The van der Waals surface area contributed by atoms with Crippen molar-refractivity contribution in [3.8, 4) is 5.75 Å². The number of phenols is 1. The van der Waals surface area contributed by atoms with Gasteiger partial charge in [0.2, 0.25) is 0 Å². The van der Waals surface area contributed by atoms with E-state index < -0.39 is 5.91 Å². The number of amides is 2. The molecule has 140 valence electrons. The van der Waals surface area contributed by atoms with E-state index in [-0.39, 0.29) is 22.7 Å². The lowest BCUT2D eigenvalue weighted by Gasteiger charge is -2.13. The molecule has 27 heavy (non-hydrogen) atoms. The van der Waals surface area contributed by atoms with Crippen LogP contribution in [-0.4, -0.2) is 28.3 Å². The van der Waals surface area contributed by atoms with Crippen LogP contribution in [0.4, 0.5) is 0 Å². The quantitative estimate of drug-likeness (QED) is 0.372. The summed E-state index contributed by atoms with van der Waals surface area (Å²) in [5.41, 5.74) is 5.66. The second-order valence-corrected chi connectivity index (χ2v) is 7.45. The third-order valence-corrected chi connectivity index (χ3v) is 5.22. The van der Waals surface area contributed by atoms with Crippen molar-refractivity contribution in [3.05, 3.63) is 64.7 Å². The van der Waals surface area contributed by atoms with Crippen LogP contribution in [0.1, 0.15) is 20.7 Å². The first-order valence-electron chi connectivity index (χ1n) is 7.99. The highest BCUT2D eigenvalue weighted by atomic mass is 32.2. The van der Waals surface area contributed by atoms with Crippen LogP contribution in [-0.2, 0) is 0 Å². The molecule has 1 unspecified atom stereocenters. The molecule has 1 atom stereocenters. The number of rotatable bonds is 6. The molecule has 6 N–H and O–H groups in total.